The van der Waals surface area contributed by atoms with Crippen LogP contribution in [0.4, 0.5) is 39.8 Å². The van der Waals surface area contributed by atoms with Crippen LogP contribution in [-0.2, 0) is 19.8 Å². The Kier molecular flexibility index (Phi) is 20.4. The van der Waals surface area contributed by atoms with Crippen molar-refractivity contribution < 1.29 is 27.9 Å². The van der Waals surface area contributed by atoms with Crippen LogP contribution in [0.1, 0.15) is 57.6 Å². The van der Waals surface area contributed by atoms with Gasteiger partial charge in [0.25, 0.3) is 0 Å². The van der Waals surface area contributed by atoms with E-state index >= 15 is 0 Å². The van der Waals surface area contributed by atoms with E-state index in [0.29, 0.717) is 38.7 Å². The monoisotopic (exact) mass is 1310 g/mol. The smallest absolute Gasteiger partial charge is 0.335 e. The molecule has 14 rings (SSSR count). The highest BCUT2D eigenvalue weighted by molar-refractivity contribution is 7.53. The SMILES string of the molecule is CCOP(=O)(Cc1ccc2c(C#N)c3ccccc3c(C#N)c2c1)OCC.COc1ccc(N(c2ccc(C=O)cc2)c2cccc3ccccc23)cc1.[C-]#[N+]c1c2ccccc2c(C#N)c2ccc(C=Cc3ccc(N(c4ccc(OC)cc4)c4cccc5ccccc45)cc3)cc12. The van der Waals surface area contributed by atoms with Crippen molar-refractivity contribution >= 4 is 130 Å². The summed E-state index contributed by atoms with van der Waals surface area (Å²) >= 11 is 0. The molecule has 0 bridgehead atoms. The van der Waals surface area contributed by atoms with Gasteiger partial charge in [-0.25, -0.2) is 4.85 Å². The number of rotatable bonds is 17. The van der Waals surface area contributed by atoms with Gasteiger partial charge in [0.05, 0.1) is 68.2 Å². The van der Waals surface area contributed by atoms with Gasteiger partial charge in [-0.3, -0.25) is 9.36 Å². The summed E-state index contributed by atoms with van der Waals surface area (Å²) < 4.78 is 34.3. The molecule has 0 aromatic heterocycles. The summed E-state index contributed by atoms with van der Waals surface area (Å²) in [5.41, 5.74) is 11.9. The Bertz CT molecular complexity index is 5570. The van der Waals surface area contributed by atoms with E-state index in [1.807, 2.05) is 152 Å². The summed E-state index contributed by atoms with van der Waals surface area (Å²) in [6, 6.07) is 94.9. The Labute approximate surface area is 575 Å². The summed E-state index contributed by atoms with van der Waals surface area (Å²) in [4.78, 5) is 19.4. The van der Waals surface area contributed by atoms with E-state index in [4.69, 9.17) is 25.1 Å². The third kappa shape index (κ3) is 14.1. The topological polar surface area (TPSA) is 153 Å². The average Bonchev–Trinajstić information content (AvgIpc) is 0.760. The number of hydrogen-bond acceptors (Lipinski definition) is 11. The van der Waals surface area contributed by atoms with E-state index < -0.39 is 7.60 Å². The van der Waals surface area contributed by atoms with Crippen LogP contribution in [0.2, 0.25) is 0 Å². The van der Waals surface area contributed by atoms with Crippen LogP contribution in [0.5, 0.6) is 11.5 Å². The minimum absolute atomic E-state index is 0.115. The third-order valence-electron chi connectivity index (χ3n) is 17.2. The fraction of sp³-hybridized carbons (Fsp3) is 0.0814. The first-order valence-corrected chi connectivity index (χ1v) is 33.9. The molecule has 0 spiro atoms. The normalized spacial score (nSPS) is 11.0. The molecule has 14 aromatic carbocycles. The maximum Gasteiger partial charge on any atom is 0.335 e. The quantitative estimate of drug-likeness (QED) is 0.0281. The first kappa shape index (κ1) is 66.4. The highest BCUT2D eigenvalue weighted by atomic mass is 31.2. The largest absolute Gasteiger partial charge is 0.497 e. The van der Waals surface area contributed by atoms with Crippen LogP contribution < -0.4 is 19.3 Å². The van der Waals surface area contributed by atoms with Crippen molar-refractivity contribution in [2.24, 2.45) is 0 Å². The van der Waals surface area contributed by atoms with E-state index in [2.05, 4.69) is 154 Å². The van der Waals surface area contributed by atoms with Gasteiger partial charge in [0.15, 0.2) is 0 Å². The van der Waals surface area contributed by atoms with Crippen LogP contribution >= 0.6 is 7.60 Å². The molecule has 480 valence electrons. The zero-order chi connectivity index (χ0) is 68.8. The summed E-state index contributed by atoms with van der Waals surface area (Å²) in [6.07, 6.45) is 5.10. The summed E-state index contributed by atoms with van der Waals surface area (Å²) in [5, 5.41) is 40.2. The second-order valence-electron chi connectivity index (χ2n) is 23.0. The molecular formula is C86H65N6O6P. The van der Waals surface area contributed by atoms with Gasteiger partial charge in [0.2, 0.25) is 5.69 Å². The Morgan fingerprint density at radius 1 is 0.414 bits per heavy atom. The lowest BCUT2D eigenvalue weighted by Gasteiger charge is -2.27. The van der Waals surface area contributed by atoms with Crippen LogP contribution in [0.3, 0.4) is 0 Å². The fourth-order valence-corrected chi connectivity index (χ4v) is 14.3. The minimum atomic E-state index is -3.26. The number of benzene rings is 14. The molecule has 99 heavy (non-hydrogen) atoms. The molecule has 0 heterocycles. The van der Waals surface area contributed by atoms with Crippen LogP contribution in [0.25, 0.3) is 81.6 Å². The van der Waals surface area contributed by atoms with Crippen molar-refractivity contribution in [3.05, 3.63) is 317 Å². The zero-order valence-corrected chi connectivity index (χ0v) is 55.7. The Hall–Kier alpha value is -12.6. The Morgan fingerprint density at radius 2 is 0.788 bits per heavy atom. The van der Waals surface area contributed by atoms with E-state index in [-0.39, 0.29) is 19.4 Å². The summed E-state index contributed by atoms with van der Waals surface area (Å²) in [5.74, 6) is 1.62. The van der Waals surface area contributed by atoms with Crippen LogP contribution in [0, 0.1) is 40.6 Å². The molecule has 0 radical (unpaired) electrons. The number of anilines is 6. The molecule has 12 nitrogen and oxygen atoms in total. The van der Waals surface area contributed by atoms with Gasteiger partial charge in [-0.2, -0.15) is 15.8 Å². The standard InChI is InChI=1S/C41H27N3O.C24H19NO2.C21H19N2O3P/c1-43-41-37-12-6-5-11-35(37)39(27-42)36-25-18-29(26-38(36)41)15-14-28-16-19-31(20-17-28)44(32-21-23-33(45-2)24-22-32)40-13-7-9-30-8-3-4-10-34(30)40;1-27-22-15-13-21(14-16-22)25(20-11-9-18(17-26)10-12-20)24-8-4-6-19-5-2-3-7-23(19)24;1-3-25-27(24,26-4-2)14-15-9-10-18-19(11-15)21(13-23)17-8-6-5-7-16(17)20(18)12-22/h3-26H,2H3;2-17H,1H3;5-11H,3-4,14H2,1-2H3. The molecular weight excluding hydrogens is 1240 g/mol. The van der Waals surface area contributed by atoms with Crippen molar-refractivity contribution in [2.75, 3.05) is 37.2 Å². The highest BCUT2D eigenvalue weighted by Gasteiger charge is 2.26. The molecule has 0 amide bonds. The number of fused-ring (bicyclic) bond motifs is 6. The molecule has 0 aliphatic rings. The Balaban J connectivity index is 0.000000149. The summed E-state index contributed by atoms with van der Waals surface area (Å²) in [6.45, 7) is 12.0. The number of nitriles is 3. The minimum Gasteiger partial charge on any atom is -0.497 e. The molecule has 0 unspecified atom stereocenters. The van der Waals surface area contributed by atoms with Crippen molar-refractivity contribution in [1.29, 1.82) is 15.8 Å². The maximum atomic E-state index is 12.8. The zero-order valence-electron chi connectivity index (χ0n) is 54.8. The number of hydrogen-bond donors (Lipinski definition) is 0. The molecule has 0 aliphatic heterocycles. The molecule has 0 fully saturated rings. The predicted molar refractivity (Wildman–Crippen MR) is 403 cm³/mol. The second-order valence-corrected chi connectivity index (χ2v) is 25.1. The second kappa shape index (κ2) is 30.4. The Morgan fingerprint density at radius 3 is 1.24 bits per heavy atom. The molecule has 0 atom stereocenters. The number of aldehydes is 1. The lowest BCUT2D eigenvalue weighted by molar-refractivity contribution is 0.112. The molecule has 14 aromatic rings. The number of carbonyl (C=O) groups is 1. The van der Waals surface area contributed by atoms with Gasteiger partial charge in [0.1, 0.15) is 36.0 Å². The summed E-state index contributed by atoms with van der Waals surface area (Å²) in [7, 11) is 0.0821. The molecule has 0 saturated heterocycles. The number of methoxy groups -OCH3 is 2. The molecule has 0 saturated carbocycles. The van der Waals surface area contributed by atoms with Crippen molar-refractivity contribution in [2.45, 2.75) is 20.0 Å². The average molecular weight is 1310 g/mol. The molecule has 0 aliphatic carbocycles. The molecule has 0 N–H and O–H groups in total. The van der Waals surface area contributed by atoms with Crippen LogP contribution in [0.15, 0.2) is 267 Å². The lowest BCUT2D eigenvalue weighted by atomic mass is 9.92. The molecule has 13 heteroatoms. The number of nitrogens with zero attached hydrogens (tertiary/aromatic N) is 6. The predicted octanol–water partition coefficient (Wildman–Crippen LogP) is 22.9. The lowest BCUT2D eigenvalue weighted by Crippen LogP contribution is -2.10. The van der Waals surface area contributed by atoms with Gasteiger partial charge < -0.3 is 28.3 Å². The fourth-order valence-electron chi connectivity index (χ4n) is 12.6. The maximum absolute atomic E-state index is 12.8. The van der Waals surface area contributed by atoms with Crippen molar-refractivity contribution in [1.82, 2.24) is 0 Å². The van der Waals surface area contributed by atoms with Crippen molar-refractivity contribution in [3.8, 4) is 29.7 Å². The first-order valence-electron chi connectivity index (χ1n) is 32.1. The highest BCUT2D eigenvalue weighted by Crippen LogP contribution is 2.52. The van der Waals surface area contributed by atoms with E-state index in [1.54, 1.807) is 34.1 Å². The van der Waals surface area contributed by atoms with Crippen molar-refractivity contribution in [3.63, 3.8) is 0 Å². The van der Waals surface area contributed by atoms with Gasteiger partial charge in [-0.1, -0.05) is 176 Å². The van der Waals surface area contributed by atoms with E-state index in [0.717, 1.165) is 106 Å². The van der Waals surface area contributed by atoms with E-state index in [1.165, 1.54) is 16.2 Å². The first-order chi connectivity index (χ1) is 48.5. The number of carbonyl (C=O) groups excluding carboxylic acids is 1. The van der Waals surface area contributed by atoms with Gasteiger partial charge in [-0.15, -0.1) is 0 Å². The van der Waals surface area contributed by atoms with Crippen LogP contribution in [-0.4, -0.2) is 33.7 Å². The van der Waals surface area contributed by atoms with Gasteiger partial charge in [0, 0.05) is 60.6 Å². The van der Waals surface area contributed by atoms with Gasteiger partial charge >= 0.3 is 7.60 Å². The van der Waals surface area contributed by atoms with Gasteiger partial charge in [-0.05, 0) is 166 Å². The third-order valence-corrected chi connectivity index (χ3v) is 19.2. The van der Waals surface area contributed by atoms with E-state index in [9.17, 15) is 25.1 Å². The number of ether oxygens (including phenoxy) is 2.